The molecule has 6 nitrogen and oxygen atoms in total. The average molecular weight is 428 g/mol. The molecule has 2 unspecified atom stereocenters. The van der Waals surface area contributed by atoms with Crippen LogP contribution in [0.2, 0.25) is 0 Å². The molecular weight excluding hydrogens is 390 g/mol. The predicted molar refractivity (Wildman–Crippen MR) is 121 cm³/mol. The first-order valence-electron chi connectivity index (χ1n) is 12.2. The van der Waals surface area contributed by atoms with Crippen molar-refractivity contribution in [2.45, 2.75) is 82.8 Å². The van der Waals surface area contributed by atoms with E-state index < -0.39 is 0 Å². The normalized spacial score (nSPS) is 25.4. The zero-order valence-corrected chi connectivity index (χ0v) is 18.9. The quantitative estimate of drug-likeness (QED) is 0.705. The van der Waals surface area contributed by atoms with Gasteiger partial charge in [-0.25, -0.2) is 0 Å². The molecule has 1 aliphatic carbocycles. The van der Waals surface area contributed by atoms with Gasteiger partial charge in [0.25, 0.3) is 5.91 Å². The van der Waals surface area contributed by atoms with E-state index in [9.17, 15) is 9.59 Å². The summed E-state index contributed by atoms with van der Waals surface area (Å²) in [7, 11) is 0. The number of para-hydroxylation sites is 1. The number of benzene rings is 1. The Hall–Kier alpha value is -2.08. The molecule has 170 valence electrons. The van der Waals surface area contributed by atoms with Crippen LogP contribution in [0.25, 0.3) is 0 Å². The van der Waals surface area contributed by atoms with Gasteiger partial charge < -0.3 is 15.0 Å². The number of nitrogens with zero attached hydrogens (tertiary/aromatic N) is 2. The van der Waals surface area contributed by atoms with E-state index in [1.54, 1.807) is 11.0 Å². The highest BCUT2D eigenvalue weighted by atomic mass is 16.5. The molecule has 0 spiro atoms. The second kappa shape index (κ2) is 10.5. The lowest BCUT2D eigenvalue weighted by Gasteiger charge is -2.28. The summed E-state index contributed by atoms with van der Waals surface area (Å²) in [6.07, 6.45) is 10.6. The minimum Gasteiger partial charge on any atom is -0.493 e. The second-order valence-corrected chi connectivity index (χ2v) is 9.22. The molecule has 2 amide bonds. The Morgan fingerprint density at radius 2 is 1.77 bits per heavy atom. The minimum atomic E-state index is -0.380. The van der Waals surface area contributed by atoms with Crippen molar-refractivity contribution in [3.8, 4) is 5.75 Å². The van der Waals surface area contributed by atoms with Gasteiger partial charge in [0.05, 0.1) is 12.2 Å². The minimum absolute atomic E-state index is 0.00690. The van der Waals surface area contributed by atoms with Crippen molar-refractivity contribution in [1.82, 2.24) is 15.1 Å². The third-order valence-corrected chi connectivity index (χ3v) is 7.14. The first-order valence-corrected chi connectivity index (χ1v) is 12.2. The highest BCUT2D eigenvalue weighted by molar-refractivity contribution is 6.00. The first-order chi connectivity index (χ1) is 15.2. The van der Waals surface area contributed by atoms with Gasteiger partial charge in [0.1, 0.15) is 11.8 Å². The summed E-state index contributed by atoms with van der Waals surface area (Å²) >= 11 is 0. The monoisotopic (exact) mass is 427 g/mol. The van der Waals surface area contributed by atoms with Crippen LogP contribution in [0.3, 0.4) is 0 Å². The number of nitrogens with one attached hydrogen (secondary N) is 1. The molecule has 1 N–H and O–H groups in total. The molecule has 6 heteroatoms. The van der Waals surface area contributed by atoms with Gasteiger partial charge in [-0.1, -0.05) is 37.8 Å². The van der Waals surface area contributed by atoms with E-state index in [4.69, 9.17) is 4.74 Å². The summed E-state index contributed by atoms with van der Waals surface area (Å²) in [5, 5.41) is 3.28. The number of rotatable bonds is 6. The van der Waals surface area contributed by atoms with E-state index in [1.807, 2.05) is 25.1 Å². The number of ether oxygens (including phenoxy) is 1. The smallest absolute Gasteiger partial charge is 0.258 e. The van der Waals surface area contributed by atoms with E-state index in [0.29, 0.717) is 30.5 Å². The van der Waals surface area contributed by atoms with Gasteiger partial charge in [0, 0.05) is 31.7 Å². The third-order valence-electron chi connectivity index (χ3n) is 7.14. The molecule has 2 aliphatic heterocycles. The van der Waals surface area contributed by atoms with E-state index >= 15 is 0 Å². The number of likely N-dealkylation sites (tertiary alicyclic amines) is 2. The summed E-state index contributed by atoms with van der Waals surface area (Å²) < 4.78 is 5.65. The van der Waals surface area contributed by atoms with Crippen molar-refractivity contribution in [3.63, 3.8) is 0 Å². The number of carbonyl (C=O) groups is 2. The molecule has 3 fully saturated rings. The molecule has 31 heavy (non-hydrogen) atoms. The van der Waals surface area contributed by atoms with Crippen LogP contribution in [0.5, 0.6) is 5.75 Å². The molecule has 0 aromatic heterocycles. The number of hydrogen-bond donors (Lipinski definition) is 1. The Morgan fingerprint density at radius 1 is 1.00 bits per heavy atom. The van der Waals surface area contributed by atoms with Gasteiger partial charge in [-0.15, -0.1) is 0 Å². The van der Waals surface area contributed by atoms with Crippen LogP contribution < -0.4 is 10.1 Å². The molecular formula is C25H37N3O3. The fourth-order valence-electron chi connectivity index (χ4n) is 5.52. The zero-order valence-electron chi connectivity index (χ0n) is 18.9. The fraction of sp³-hybridized carbons (Fsp3) is 0.680. The molecule has 1 aromatic rings. The van der Waals surface area contributed by atoms with Crippen LogP contribution in [-0.4, -0.2) is 66.0 Å². The van der Waals surface area contributed by atoms with Crippen LogP contribution in [0, 0.1) is 0 Å². The Labute approximate surface area is 186 Å². The number of hydrogen-bond acceptors (Lipinski definition) is 4. The lowest BCUT2D eigenvalue weighted by atomic mass is 10.1. The van der Waals surface area contributed by atoms with Crippen LogP contribution >= 0.6 is 0 Å². The van der Waals surface area contributed by atoms with Crippen molar-refractivity contribution < 1.29 is 14.3 Å². The van der Waals surface area contributed by atoms with Gasteiger partial charge in [0.2, 0.25) is 5.91 Å². The Kier molecular flexibility index (Phi) is 7.49. The van der Waals surface area contributed by atoms with Gasteiger partial charge in [-0.3, -0.25) is 14.5 Å². The highest BCUT2D eigenvalue weighted by Gasteiger charge is 2.37. The van der Waals surface area contributed by atoms with E-state index in [-0.39, 0.29) is 23.9 Å². The van der Waals surface area contributed by atoms with Gasteiger partial charge in [-0.2, -0.15) is 0 Å². The fourth-order valence-corrected chi connectivity index (χ4v) is 5.52. The van der Waals surface area contributed by atoms with Gasteiger partial charge in [0.15, 0.2) is 0 Å². The second-order valence-electron chi connectivity index (χ2n) is 9.22. The van der Waals surface area contributed by atoms with Crippen molar-refractivity contribution >= 4 is 11.8 Å². The molecule has 2 heterocycles. The molecule has 1 aromatic carbocycles. The molecule has 2 atom stereocenters. The van der Waals surface area contributed by atoms with Crippen LogP contribution in [-0.2, 0) is 4.79 Å². The van der Waals surface area contributed by atoms with E-state index in [2.05, 4.69) is 10.2 Å². The SMILES string of the molecule is CCOc1ccccc1C(=O)N1CCCC1C(=O)NC1CCN(C2CCCCCC2)C1. The predicted octanol–water partition coefficient (Wildman–Crippen LogP) is 3.60. The van der Waals surface area contributed by atoms with E-state index in [1.165, 1.54) is 38.5 Å². The Balaban J connectivity index is 1.36. The zero-order chi connectivity index (χ0) is 21.6. The molecule has 0 bridgehead atoms. The van der Waals surface area contributed by atoms with Crippen LogP contribution in [0.1, 0.15) is 75.1 Å². The molecule has 4 rings (SSSR count). The lowest BCUT2D eigenvalue weighted by Crippen LogP contribution is -2.49. The summed E-state index contributed by atoms with van der Waals surface area (Å²) in [4.78, 5) is 30.7. The molecule has 1 saturated carbocycles. The van der Waals surface area contributed by atoms with Gasteiger partial charge in [-0.05, 0) is 51.2 Å². The molecule has 2 saturated heterocycles. The summed E-state index contributed by atoms with van der Waals surface area (Å²) in [6.45, 7) is 5.06. The van der Waals surface area contributed by atoms with Crippen LogP contribution in [0.15, 0.2) is 24.3 Å². The molecule has 3 aliphatic rings. The van der Waals surface area contributed by atoms with Crippen molar-refractivity contribution in [2.24, 2.45) is 0 Å². The Morgan fingerprint density at radius 3 is 2.55 bits per heavy atom. The molecule has 0 radical (unpaired) electrons. The largest absolute Gasteiger partial charge is 0.493 e. The third kappa shape index (κ3) is 5.22. The maximum Gasteiger partial charge on any atom is 0.258 e. The first kappa shape index (κ1) is 22.1. The van der Waals surface area contributed by atoms with Crippen LogP contribution in [0.4, 0.5) is 0 Å². The van der Waals surface area contributed by atoms with E-state index in [0.717, 1.165) is 32.4 Å². The number of amides is 2. The lowest BCUT2D eigenvalue weighted by molar-refractivity contribution is -0.125. The summed E-state index contributed by atoms with van der Waals surface area (Å²) in [6, 6.07) is 7.84. The van der Waals surface area contributed by atoms with Crippen molar-refractivity contribution in [1.29, 1.82) is 0 Å². The maximum absolute atomic E-state index is 13.2. The highest BCUT2D eigenvalue weighted by Crippen LogP contribution is 2.27. The standard InChI is InChI=1S/C25H37N3O3/c1-2-31-23-14-8-7-12-21(23)25(30)28-16-9-13-22(28)24(29)26-19-15-17-27(18-19)20-10-5-3-4-6-11-20/h7-8,12,14,19-20,22H,2-6,9-11,13,15-18H2,1H3,(H,26,29). The maximum atomic E-state index is 13.2. The topological polar surface area (TPSA) is 61.9 Å². The van der Waals surface area contributed by atoms with Crippen molar-refractivity contribution in [2.75, 3.05) is 26.2 Å². The average Bonchev–Trinajstić information content (AvgIpc) is 3.37. The Bertz CT molecular complexity index is 760. The van der Waals surface area contributed by atoms with Crippen molar-refractivity contribution in [3.05, 3.63) is 29.8 Å². The summed E-state index contributed by atoms with van der Waals surface area (Å²) in [5.41, 5.74) is 0.546. The van der Waals surface area contributed by atoms with Gasteiger partial charge >= 0.3 is 0 Å². The number of carbonyl (C=O) groups excluding carboxylic acids is 2. The summed E-state index contributed by atoms with van der Waals surface area (Å²) in [5.74, 6) is 0.497.